The summed E-state index contributed by atoms with van der Waals surface area (Å²) in [4.78, 5) is 41.7. The third-order valence-corrected chi connectivity index (χ3v) is 3.26. The maximum atomic E-state index is 11.5. The summed E-state index contributed by atoms with van der Waals surface area (Å²) in [6.45, 7) is -0.514. The first-order valence-electron chi connectivity index (χ1n) is 5.61. The van der Waals surface area contributed by atoms with E-state index in [-0.39, 0.29) is 65.5 Å². The van der Waals surface area contributed by atoms with Crippen molar-refractivity contribution in [3.8, 4) is 0 Å². The summed E-state index contributed by atoms with van der Waals surface area (Å²) in [5.41, 5.74) is -1.27. The van der Waals surface area contributed by atoms with Crippen LogP contribution in [0.1, 0.15) is 12.6 Å². The van der Waals surface area contributed by atoms with E-state index in [1.54, 1.807) is 0 Å². The number of nitrogens with one attached hydrogen (secondary N) is 1. The van der Waals surface area contributed by atoms with Crippen LogP contribution in [0.3, 0.4) is 0 Å². The van der Waals surface area contributed by atoms with E-state index in [9.17, 15) is 19.3 Å². The van der Waals surface area contributed by atoms with Crippen LogP contribution >= 0.6 is 7.82 Å². The summed E-state index contributed by atoms with van der Waals surface area (Å²) in [5, 5.41) is 9.72. The molecular formula is C9H13N2Na2O8P. The molecule has 2 radical (unpaired) electrons. The van der Waals surface area contributed by atoms with E-state index >= 15 is 0 Å². The van der Waals surface area contributed by atoms with Gasteiger partial charge in [-0.3, -0.25) is 18.9 Å². The Morgan fingerprint density at radius 1 is 1.41 bits per heavy atom. The van der Waals surface area contributed by atoms with Crippen molar-refractivity contribution in [2.24, 2.45) is 0 Å². The molecule has 0 bridgehead atoms. The summed E-state index contributed by atoms with van der Waals surface area (Å²) in [6.07, 6.45) is -1.64. The van der Waals surface area contributed by atoms with Crippen LogP contribution in [0.15, 0.2) is 21.9 Å². The van der Waals surface area contributed by atoms with Crippen molar-refractivity contribution in [3.05, 3.63) is 33.1 Å². The van der Waals surface area contributed by atoms with Gasteiger partial charge in [-0.15, -0.1) is 0 Å². The van der Waals surface area contributed by atoms with Crippen LogP contribution in [0.5, 0.6) is 0 Å². The molecule has 4 N–H and O–H groups in total. The Labute approximate surface area is 168 Å². The first kappa shape index (κ1) is 22.7. The van der Waals surface area contributed by atoms with Gasteiger partial charge in [0, 0.05) is 77.8 Å². The molecule has 0 saturated carbocycles. The minimum Gasteiger partial charge on any atom is -0.390 e. The van der Waals surface area contributed by atoms with Crippen LogP contribution in [-0.2, 0) is 13.8 Å². The zero-order valence-corrected chi connectivity index (χ0v) is 17.0. The number of phosphoric acid groups is 1. The van der Waals surface area contributed by atoms with Gasteiger partial charge in [-0.05, 0) is 0 Å². The zero-order valence-electron chi connectivity index (χ0n) is 12.1. The monoisotopic (exact) mass is 354 g/mol. The Kier molecular flexibility index (Phi) is 9.56. The van der Waals surface area contributed by atoms with Gasteiger partial charge in [0.1, 0.15) is 12.3 Å². The Morgan fingerprint density at radius 3 is 2.59 bits per heavy atom. The molecule has 3 atom stereocenters. The second-order valence-electron chi connectivity index (χ2n) is 4.24. The maximum absolute atomic E-state index is 11.5. The summed E-state index contributed by atoms with van der Waals surface area (Å²) in [5.74, 6) is 0. The fourth-order valence-corrected chi connectivity index (χ4v) is 2.20. The van der Waals surface area contributed by atoms with Crippen molar-refractivity contribution in [2.45, 2.75) is 24.9 Å². The third-order valence-electron chi connectivity index (χ3n) is 2.77. The average Bonchev–Trinajstić information content (AvgIpc) is 2.67. The van der Waals surface area contributed by atoms with E-state index in [1.165, 1.54) is 6.20 Å². The van der Waals surface area contributed by atoms with Crippen LogP contribution in [0.2, 0.25) is 0 Å². The number of rotatable bonds is 4. The summed E-state index contributed by atoms with van der Waals surface area (Å²) in [7, 11) is -4.66. The van der Waals surface area contributed by atoms with Gasteiger partial charge in [-0.1, -0.05) is 0 Å². The van der Waals surface area contributed by atoms with Crippen molar-refractivity contribution in [1.29, 1.82) is 0 Å². The van der Waals surface area contributed by atoms with Crippen LogP contribution in [0.4, 0.5) is 0 Å². The predicted molar refractivity (Wildman–Crippen MR) is 75.4 cm³/mol. The van der Waals surface area contributed by atoms with Gasteiger partial charge in [-0.2, -0.15) is 0 Å². The number of hydrogen-bond donors (Lipinski definition) is 4. The van der Waals surface area contributed by atoms with E-state index in [0.29, 0.717) is 0 Å². The number of aliphatic hydroxyl groups is 1. The summed E-state index contributed by atoms with van der Waals surface area (Å²) < 4.78 is 21.2. The van der Waals surface area contributed by atoms with Crippen LogP contribution in [0, 0.1) is 0 Å². The standard InChI is InChI=1S/C9H13N2O8P.2Na/c12-5-3-8(11-2-1-7(13)10-9(11)14)19-6(5)4-18-20(15,16)17;;/h1-2,5-6,8,12H,3-4H2,(H,10,13,14)(H2,15,16,17);;. The van der Waals surface area contributed by atoms with E-state index in [2.05, 4.69) is 4.52 Å². The minimum absolute atomic E-state index is 0. The van der Waals surface area contributed by atoms with Crippen molar-refractivity contribution >= 4 is 66.9 Å². The van der Waals surface area contributed by atoms with Crippen LogP contribution < -0.4 is 11.2 Å². The molecular weight excluding hydrogens is 341 g/mol. The van der Waals surface area contributed by atoms with Crippen molar-refractivity contribution < 1.29 is 28.7 Å². The molecule has 1 aliphatic heterocycles. The number of aromatic amines is 1. The molecule has 0 aromatic carbocycles. The Balaban J connectivity index is 0.00000220. The first-order valence-corrected chi connectivity index (χ1v) is 7.14. The molecule has 1 saturated heterocycles. The van der Waals surface area contributed by atoms with Gasteiger partial charge in [0.05, 0.1) is 12.7 Å². The van der Waals surface area contributed by atoms with Crippen molar-refractivity contribution in [3.63, 3.8) is 0 Å². The number of ether oxygens (including phenoxy) is 1. The largest absolute Gasteiger partial charge is 0.469 e. The smallest absolute Gasteiger partial charge is 0.390 e. The summed E-state index contributed by atoms with van der Waals surface area (Å²) >= 11 is 0. The molecule has 10 nitrogen and oxygen atoms in total. The Hall–Kier alpha value is 0.710. The van der Waals surface area contributed by atoms with E-state index in [0.717, 1.165) is 10.6 Å². The second kappa shape index (κ2) is 9.26. The molecule has 3 unspecified atom stereocenters. The maximum Gasteiger partial charge on any atom is 0.469 e. The van der Waals surface area contributed by atoms with Crippen LogP contribution in [-0.4, -0.2) is 102 Å². The number of nitrogens with zero attached hydrogens (tertiary/aromatic N) is 1. The fourth-order valence-electron chi connectivity index (χ4n) is 1.86. The molecule has 1 aromatic rings. The Bertz CT molecular complexity index is 643. The molecule has 0 spiro atoms. The average molecular weight is 354 g/mol. The molecule has 13 heteroatoms. The Morgan fingerprint density at radius 2 is 2.05 bits per heavy atom. The van der Waals surface area contributed by atoms with Gasteiger partial charge in [0.15, 0.2) is 0 Å². The van der Waals surface area contributed by atoms with Gasteiger partial charge < -0.3 is 19.6 Å². The number of hydrogen-bond acceptors (Lipinski definition) is 6. The molecule has 2 heterocycles. The zero-order chi connectivity index (χ0) is 14.9. The second-order valence-corrected chi connectivity index (χ2v) is 5.48. The predicted octanol–water partition coefficient (Wildman–Crippen LogP) is -2.47. The number of H-pyrrole nitrogens is 1. The topological polar surface area (TPSA) is 151 Å². The SMILES string of the molecule is O=c1ccn(C2CC(O)C(COP(=O)(O)O)O2)c(=O)[nH]1.[Na].[Na]. The number of aromatic nitrogens is 2. The molecule has 1 aliphatic rings. The molecule has 114 valence electrons. The fraction of sp³-hybridized carbons (Fsp3) is 0.556. The van der Waals surface area contributed by atoms with Gasteiger partial charge in [0.2, 0.25) is 0 Å². The van der Waals surface area contributed by atoms with Crippen LogP contribution in [0.25, 0.3) is 0 Å². The molecule has 1 aromatic heterocycles. The van der Waals surface area contributed by atoms with Gasteiger partial charge in [-0.25, -0.2) is 9.36 Å². The minimum atomic E-state index is -4.66. The number of phosphoric ester groups is 1. The van der Waals surface area contributed by atoms with E-state index < -0.39 is 44.1 Å². The van der Waals surface area contributed by atoms with Gasteiger partial charge >= 0.3 is 13.5 Å². The normalized spacial score (nSPS) is 24.4. The van der Waals surface area contributed by atoms with Crippen molar-refractivity contribution in [1.82, 2.24) is 9.55 Å². The van der Waals surface area contributed by atoms with Crippen molar-refractivity contribution in [2.75, 3.05) is 6.61 Å². The first-order chi connectivity index (χ1) is 9.26. The number of aliphatic hydroxyl groups excluding tert-OH is 1. The molecule has 22 heavy (non-hydrogen) atoms. The summed E-state index contributed by atoms with van der Waals surface area (Å²) in [6, 6.07) is 1.12. The quantitative estimate of drug-likeness (QED) is 0.343. The third kappa shape index (κ3) is 6.31. The van der Waals surface area contributed by atoms with Gasteiger partial charge in [0.25, 0.3) is 5.56 Å². The van der Waals surface area contributed by atoms with E-state index in [4.69, 9.17) is 14.5 Å². The molecule has 1 fully saturated rings. The molecule has 0 aliphatic carbocycles. The molecule has 0 amide bonds. The molecule has 2 rings (SSSR count). The van der Waals surface area contributed by atoms with E-state index in [1.807, 2.05) is 4.98 Å².